The van der Waals surface area contributed by atoms with Gasteiger partial charge in [0.2, 0.25) is 12.6 Å². The van der Waals surface area contributed by atoms with Gasteiger partial charge in [-0.3, -0.25) is 9.59 Å². The molecule has 0 aliphatic heterocycles. The van der Waals surface area contributed by atoms with E-state index in [1.165, 1.54) is 0 Å². The maximum Gasteiger partial charge on any atom is 0.466 e. The third kappa shape index (κ3) is 50.8. The summed E-state index contributed by atoms with van der Waals surface area (Å²) >= 11 is 0. The lowest BCUT2D eigenvalue weighted by Gasteiger charge is -1.90. The second-order valence-electron chi connectivity index (χ2n) is 2.48. The van der Waals surface area contributed by atoms with Crippen molar-refractivity contribution in [3.63, 3.8) is 0 Å². The number of Topliss-reactive ketones (excluding diaryl/α,β-unsaturated/α-hetero) is 2. The average molecular weight is 278 g/mol. The van der Waals surface area contributed by atoms with Crippen molar-refractivity contribution in [2.75, 3.05) is 0 Å². The van der Waals surface area contributed by atoms with Crippen LogP contribution < -0.4 is 0 Å². The molecule has 0 saturated heterocycles. The topological polar surface area (TPSA) is 193 Å². The summed E-state index contributed by atoms with van der Waals surface area (Å²) in [4.78, 5) is 40.8. The highest BCUT2D eigenvalue weighted by Gasteiger charge is 2.00. The minimum Gasteiger partial charge on any atom is -0.362 e. The second-order valence-corrected chi connectivity index (χ2v) is 3.51. The fraction of sp³-hybridized carbons (Fsp3) is 0.667. The molecule has 17 heavy (non-hydrogen) atoms. The highest BCUT2D eigenvalue weighted by Crippen LogP contribution is 2.25. The van der Waals surface area contributed by atoms with E-state index in [9.17, 15) is 9.59 Å². The number of carbonyl (C=O) groups excluding carboxylic acids is 2. The molecule has 0 rings (SSSR count). The highest BCUT2D eigenvalue weighted by atomic mass is 31.2. The van der Waals surface area contributed by atoms with Crippen molar-refractivity contribution in [2.24, 2.45) is 0 Å². The summed E-state index contributed by atoms with van der Waals surface area (Å²) in [6.07, 6.45) is -3.57. The SMILES string of the molecule is CC(=O)C(O)O.CC(=O)C(O)O.O=P(O)(O)O. The largest absolute Gasteiger partial charge is 0.466 e. The Kier molecular flexibility index (Phi) is 13.2. The lowest BCUT2D eigenvalue weighted by Crippen LogP contribution is -2.14. The fourth-order valence-corrected chi connectivity index (χ4v) is 0. The molecule has 0 amide bonds. The molecule has 0 spiro atoms. The maximum absolute atomic E-state index is 9.64. The summed E-state index contributed by atoms with van der Waals surface area (Å²) in [5.41, 5.74) is 0. The number of hydrogen-bond acceptors (Lipinski definition) is 7. The first kappa shape index (κ1) is 21.6. The first-order valence-electron chi connectivity index (χ1n) is 3.80. The van der Waals surface area contributed by atoms with Gasteiger partial charge in [0.05, 0.1) is 0 Å². The molecule has 0 saturated carbocycles. The monoisotopic (exact) mass is 278 g/mol. The summed E-state index contributed by atoms with van der Waals surface area (Å²) in [6.45, 7) is 2.20. The summed E-state index contributed by atoms with van der Waals surface area (Å²) in [5.74, 6) is -1.26. The number of rotatable bonds is 2. The van der Waals surface area contributed by atoms with Crippen molar-refractivity contribution in [3.05, 3.63) is 0 Å². The zero-order valence-electron chi connectivity index (χ0n) is 8.96. The molecule has 0 aromatic rings. The molecule has 7 N–H and O–H groups in total. The molecule has 0 aromatic heterocycles. The van der Waals surface area contributed by atoms with E-state index in [4.69, 9.17) is 39.7 Å². The van der Waals surface area contributed by atoms with Crippen molar-refractivity contribution in [3.8, 4) is 0 Å². The quantitative estimate of drug-likeness (QED) is 0.200. The molecule has 104 valence electrons. The standard InChI is InChI=1S/2C3H6O3.H3O4P/c2*1-2(4)3(5)6;1-5(2,3)4/h2*3,5-6H,1H3;(H3,1,2,3,4). The van der Waals surface area contributed by atoms with Crippen LogP contribution in [0.4, 0.5) is 0 Å². The smallest absolute Gasteiger partial charge is 0.362 e. The van der Waals surface area contributed by atoms with Crippen LogP contribution in [0.15, 0.2) is 0 Å². The van der Waals surface area contributed by atoms with Crippen molar-refractivity contribution < 1.29 is 49.3 Å². The van der Waals surface area contributed by atoms with E-state index in [0.717, 1.165) is 13.8 Å². The van der Waals surface area contributed by atoms with Gasteiger partial charge in [-0.05, 0) is 13.8 Å². The summed E-state index contributed by atoms with van der Waals surface area (Å²) in [5, 5.41) is 31.3. The second kappa shape index (κ2) is 10.4. The Balaban J connectivity index is -0.000000174. The lowest BCUT2D eigenvalue weighted by molar-refractivity contribution is -0.142. The van der Waals surface area contributed by atoms with Gasteiger partial charge in [0.1, 0.15) is 0 Å². The molecule has 0 aliphatic carbocycles. The number of aliphatic hydroxyl groups excluding tert-OH is 2. The Morgan fingerprint density at radius 2 is 0.882 bits per heavy atom. The van der Waals surface area contributed by atoms with E-state index >= 15 is 0 Å². The average Bonchev–Trinajstić information content (AvgIpc) is 2.01. The van der Waals surface area contributed by atoms with Crippen molar-refractivity contribution >= 4 is 19.4 Å². The number of ketones is 2. The Labute approximate surface area is 96.0 Å². The molecule has 10 nitrogen and oxygen atoms in total. The van der Waals surface area contributed by atoms with Crippen LogP contribution in [0.5, 0.6) is 0 Å². The molecule has 0 heterocycles. The first-order chi connectivity index (χ1) is 7.29. The molecule has 0 fully saturated rings. The molecule has 0 unspecified atom stereocenters. The van der Waals surface area contributed by atoms with Crippen LogP contribution in [0.2, 0.25) is 0 Å². The van der Waals surface area contributed by atoms with Crippen LogP contribution in [-0.4, -0.2) is 59.3 Å². The Morgan fingerprint density at radius 3 is 0.882 bits per heavy atom. The Bertz CT molecular complexity index is 240. The van der Waals surface area contributed by atoms with E-state index in [-0.39, 0.29) is 0 Å². The normalized spacial score (nSPS) is 10.1. The summed E-state index contributed by atoms with van der Waals surface area (Å²) in [6, 6.07) is 0. The van der Waals surface area contributed by atoms with Crippen LogP contribution >= 0.6 is 7.82 Å². The predicted molar refractivity (Wildman–Crippen MR) is 52.1 cm³/mol. The minimum atomic E-state index is -4.64. The van der Waals surface area contributed by atoms with Crippen molar-refractivity contribution in [1.82, 2.24) is 0 Å². The van der Waals surface area contributed by atoms with Crippen LogP contribution in [-0.2, 0) is 14.2 Å². The molecule has 0 atom stereocenters. The molecule has 0 bridgehead atoms. The number of phosphoric acid groups is 1. The van der Waals surface area contributed by atoms with Gasteiger partial charge in [-0.15, -0.1) is 0 Å². The summed E-state index contributed by atoms with van der Waals surface area (Å²) in [7, 11) is -4.64. The molecule has 0 aliphatic rings. The van der Waals surface area contributed by atoms with Gasteiger partial charge in [-0.25, -0.2) is 4.57 Å². The molecular formula is C6H15O10P. The molecule has 0 aromatic carbocycles. The Morgan fingerprint density at radius 1 is 0.824 bits per heavy atom. The minimum absolute atomic E-state index is 0.630. The molecular weight excluding hydrogens is 263 g/mol. The number of hydrogen-bond donors (Lipinski definition) is 7. The Hall–Kier alpha value is -0.710. The van der Waals surface area contributed by atoms with Gasteiger partial charge in [0, 0.05) is 0 Å². The van der Waals surface area contributed by atoms with Gasteiger partial charge < -0.3 is 35.1 Å². The van der Waals surface area contributed by atoms with Gasteiger partial charge >= 0.3 is 7.82 Å². The predicted octanol–water partition coefficient (Wildman–Crippen LogP) is -3.16. The molecule has 11 heteroatoms. The van der Waals surface area contributed by atoms with E-state index in [0.29, 0.717) is 0 Å². The van der Waals surface area contributed by atoms with Crippen LogP contribution in [0.3, 0.4) is 0 Å². The summed E-state index contributed by atoms with van der Waals surface area (Å²) < 4.78 is 8.88. The zero-order valence-corrected chi connectivity index (χ0v) is 9.85. The van der Waals surface area contributed by atoms with Gasteiger partial charge in [-0.1, -0.05) is 0 Å². The number of aliphatic hydroxyl groups is 4. The van der Waals surface area contributed by atoms with E-state index in [1.54, 1.807) is 0 Å². The van der Waals surface area contributed by atoms with E-state index in [1.807, 2.05) is 0 Å². The maximum atomic E-state index is 9.64. The third-order valence-corrected chi connectivity index (χ3v) is 0.727. The van der Waals surface area contributed by atoms with Crippen LogP contribution in [0.25, 0.3) is 0 Å². The zero-order chi connectivity index (χ0) is 14.8. The van der Waals surface area contributed by atoms with Gasteiger partial charge in [0.15, 0.2) is 11.6 Å². The van der Waals surface area contributed by atoms with Crippen molar-refractivity contribution in [2.45, 2.75) is 26.4 Å². The number of carbonyl (C=O) groups is 2. The van der Waals surface area contributed by atoms with Gasteiger partial charge in [-0.2, -0.15) is 0 Å². The van der Waals surface area contributed by atoms with Crippen LogP contribution in [0.1, 0.15) is 13.8 Å². The van der Waals surface area contributed by atoms with Crippen LogP contribution in [0, 0.1) is 0 Å². The highest BCUT2D eigenvalue weighted by molar-refractivity contribution is 7.45. The third-order valence-electron chi connectivity index (χ3n) is 0.727. The van der Waals surface area contributed by atoms with E-state index < -0.39 is 32.0 Å². The van der Waals surface area contributed by atoms with E-state index in [2.05, 4.69) is 0 Å². The first-order valence-corrected chi connectivity index (χ1v) is 5.37. The van der Waals surface area contributed by atoms with Crippen molar-refractivity contribution in [1.29, 1.82) is 0 Å². The fourth-order valence-electron chi connectivity index (χ4n) is 0. The van der Waals surface area contributed by atoms with Gasteiger partial charge in [0.25, 0.3) is 0 Å². The lowest BCUT2D eigenvalue weighted by atomic mass is 10.4. The molecule has 0 radical (unpaired) electrons.